The number of carbonyl (C=O) groups excluding carboxylic acids is 2. The van der Waals surface area contributed by atoms with Crippen molar-refractivity contribution in [2.75, 3.05) is 6.61 Å². The molecule has 7 nitrogen and oxygen atoms in total. The summed E-state index contributed by atoms with van der Waals surface area (Å²) in [4.78, 5) is 38.2. The zero-order chi connectivity index (χ0) is 25.5. The molecule has 0 heterocycles. The van der Waals surface area contributed by atoms with E-state index in [1.165, 1.54) is 6.42 Å². The smallest absolute Gasteiger partial charge is 0.407 e. The number of benzene rings is 1. The zero-order valence-electron chi connectivity index (χ0n) is 21.4. The molecule has 2 aromatic rings. The number of aliphatic hydroxyl groups excluding tert-OH is 1. The molecule has 2 aromatic carbocycles. The number of nitrogens with one attached hydrogen (secondary N) is 2. The Balaban J connectivity index is 1.64. The van der Waals surface area contributed by atoms with Crippen molar-refractivity contribution in [2.24, 2.45) is 17.8 Å². The van der Waals surface area contributed by atoms with Gasteiger partial charge in [0.1, 0.15) is 12.1 Å². The molecular formula is C28H40N2O5. The van der Waals surface area contributed by atoms with E-state index in [-0.39, 0.29) is 23.2 Å². The standard InChI is InChI=1S/C28H40N2O5/c1-17(2)15-21(29-28(34)35-16-19-11-7-5-8-12-19)27(33)30-24(18(3)4)26(32)23-22(25(23)31)20-13-9-6-10-14-20/h6,9-10,13-14,17-19,21,24,26,32H,5,7-8,11-12,15-16H2,1-4H3,(H,29,34)(H,30,33)/t21-,24?,26-/m1/s1. The van der Waals surface area contributed by atoms with E-state index < -0.39 is 24.3 Å². The van der Waals surface area contributed by atoms with Crippen LogP contribution in [0.5, 0.6) is 0 Å². The molecule has 0 radical (unpaired) electrons. The van der Waals surface area contributed by atoms with E-state index >= 15 is 0 Å². The van der Waals surface area contributed by atoms with Crippen LogP contribution in [0.2, 0.25) is 0 Å². The minimum atomic E-state index is -1.13. The molecule has 0 aliphatic heterocycles. The SMILES string of the molecule is CC(C)C[C@@H](NC(=O)OCC1CCCCC1)C(=O)NC(C(C)C)[C@H](O)c1c(-c2ccccc2)c1=O. The van der Waals surface area contributed by atoms with Crippen LogP contribution < -0.4 is 16.1 Å². The fourth-order valence-electron chi connectivity index (χ4n) is 4.85. The maximum absolute atomic E-state index is 13.2. The second kappa shape index (κ2) is 12.3. The highest BCUT2D eigenvalue weighted by atomic mass is 16.5. The van der Waals surface area contributed by atoms with Crippen LogP contribution >= 0.6 is 0 Å². The van der Waals surface area contributed by atoms with Crippen molar-refractivity contribution in [1.82, 2.24) is 10.6 Å². The van der Waals surface area contributed by atoms with Crippen molar-refractivity contribution in [3.8, 4) is 11.1 Å². The molecule has 0 bridgehead atoms. The van der Waals surface area contributed by atoms with Gasteiger partial charge in [0.2, 0.25) is 5.91 Å². The molecule has 0 saturated heterocycles. The highest BCUT2D eigenvalue weighted by Crippen LogP contribution is 2.33. The molecule has 192 valence electrons. The first kappa shape index (κ1) is 26.9. The van der Waals surface area contributed by atoms with Gasteiger partial charge < -0.3 is 20.5 Å². The first-order chi connectivity index (χ1) is 16.7. The predicted molar refractivity (Wildman–Crippen MR) is 137 cm³/mol. The molecule has 3 rings (SSSR count). The van der Waals surface area contributed by atoms with Gasteiger partial charge in [-0.3, -0.25) is 9.59 Å². The fourth-order valence-corrected chi connectivity index (χ4v) is 4.85. The molecule has 7 heteroatoms. The number of rotatable bonds is 11. The van der Waals surface area contributed by atoms with Crippen LogP contribution in [0.25, 0.3) is 11.1 Å². The molecule has 35 heavy (non-hydrogen) atoms. The Labute approximate surface area is 208 Å². The van der Waals surface area contributed by atoms with Crippen LogP contribution in [-0.4, -0.2) is 35.8 Å². The van der Waals surface area contributed by atoms with Gasteiger partial charge in [-0.05, 0) is 42.6 Å². The van der Waals surface area contributed by atoms with Crippen LogP contribution in [0, 0.1) is 17.8 Å². The van der Waals surface area contributed by atoms with E-state index in [0.29, 0.717) is 30.1 Å². The highest BCUT2D eigenvalue weighted by Gasteiger charge is 2.37. The van der Waals surface area contributed by atoms with Crippen molar-refractivity contribution in [1.29, 1.82) is 0 Å². The molecular weight excluding hydrogens is 444 g/mol. The molecule has 1 saturated carbocycles. The van der Waals surface area contributed by atoms with Gasteiger partial charge >= 0.3 is 6.09 Å². The molecule has 1 aliphatic rings. The lowest BCUT2D eigenvalue weighted by Crippen LogP contribution is -2.53. The van der Waals surface area contributed by atoms with Crippen molar-refractivity contribution in [2.45, 2.75) is 84.4 Å². The fraction of sp³-hybridized carbons (Fsp3) is 0.607. The summed E-state index contributed by atoms with van der Waals surface area (Å²) in [5.74, 6) is 0.0191. The lowest BCUT2D eigenvalue weighted by atomic mass is 9.90. The lowest BCUT2D eigenvalue weighted by molar-refractivity contribution is -0.125. The summed E-state index contributed by atoms with van der Waals surface area (Å²) < 4.78 is 5.44. The monoisotopic (exact) mass is 484 g/mol. The normalized spacial score (nSPS) is 17.3. The van der Waals surface area contributed by atoms with Crippen molar-refractivity contribution in [3.05, 3.63) is 46.1 Å². The third-order valence-electron chi connectivity index (χ3n) is 6.89. The Kier molecular flexibility index (Phi) is 9.49. The summed E-state index contributed by atoms with van der Waals surface area (Å²) >= 11 is 0. The maximum atomic E-state index is 13.2. The minimum Gasteiger partial charge on any atom is -0.449 e. The number of hydrogen-bond donors (Lipinski definition) is 3. The average Bonchev–Trinajstić information content (AvgIpc) is 3.51. The molecule has 1 fully saturated rings. The Morgan fingerprint density at radius 1 is 1.03 bits per heavy atom. The van der Waals surface area contributed by atoms with Crippen LogP contribution in [0.3, 0.4) is 0 Å². The molecule has 1 aliphatic carbocycles. The van der Waals surface area contributed by atoms with Gasteiger partial charge in [-0.25, -0.2) is 4.79 Å². The van der Waals surface area contributed by atoms with Crippen molar-refractivity contribution < 1.29 is 19.4 Å². The van der Waals surface area contributed by atoms with E-state index in [9.17, 15) is 19.5 Å². The van der Waals surface area contributed by atoms with Crippen LogP contribution in [0.4, 0.5) is 4.79 Å². The van der Waals surface area contributed by atoms with E-state index in [2.05, 4.69) is 10.6 Å². The summed E-state index contributed by atoms with van der Waals surface area (Å²) in [6.45, 7) is 8.09. The quantitative estimate of drug-likeness (QED) is 0.436. The average molecular weight is 485 g/mol. The Hall–Kier alpha value is -2.67. The third kappa shape index (κ3) is 7.40. The lowest BCUT2D eigenvalue weighted by Gasteiger charge is -2.29. The molecule has 2 amide bonds. The topological polar surface area (TPSA) is 105 Å². The Morgan fingerprint density at radius 2 is 1.69 bits per heavy atom. The highest BCUT2D eigenvalue weighted by molar-refractivity contribution is 5.86. The van der Waals surface area contributed by atoms with Crippen LogP contribution in [-0.2, 0) is 9.53 Å². The Bertz CT molecular complexity index is 971. The van der Waals surface area contributed by atoms with Gasteiger partial charge in [-0.1, -0.05) is 77.3 Å². The maximum Gasteiger partial charge on any atom is 0.407 e. The van der Waals surface area contributed by atoms with Gasteiger partial charge in [0.15, 0.2) is 5.43 Å². The second-order valence-electron chi connectivity index (χ2n) is 10.6. The van der Waals surface area contributed by atoms with Crippen LogP contribution in [0.15, 0.2) is 35.1 Å². The second-order valence-corrected chi connectivity index (χ2v) is 10.6. The first-order valence-corrected chi connectivity index (χ1v) is 12.9. The zero-order valence-corrected chi connectivity index (χ0v) is 21.4. The molecule has 3 N–H and O–H groups in total. The third-order valence-corrected chi connectivity index (χ3v) is 6.89. The van der Waals surface area contributed by atoms with E-state index in [1.54, 1.807) is 0 Å². The van der Waals surface area contributed by atoms with Gasteiger partial charge in [-0.15, -0.1) is 0 Å². The number of alkyl carbamates (subject to hydrolysis) is 1. The van der Waals surface area contributed by atoms with Crippen molar-refractivity contribution in [3.63, 3.8) is 0 Å². The van der Waals surface area contributed by atoms with Gasteiger partial charge in [-0.2, -0.15) is 0 Å². The van der Waals surface area contributed by atoms with Gasteiger partial charge in [0.25, 0.3) is 0 Å². The van der Waals surface area contributed by atoms with Crippen LogP contribution in [0.1, 0.15) is 77.9 Å². The number of ether oxygens (including phenoxy) is 1. The molecule has 0 spiro atoms. The summed E-state index contributed by atoms with van der Waals surface area (Å²) in [5, 5.41) is 16.7. The molecule has 3 atom stereocenters. The minimum absolute atomic E-state index is 0.134. The van der Waals surface area contributed by atoms with E-state index in [0.717, 1.165) is 31.2 Å². The summed E-state index contributed by atoms with van der Waals surface area (Å²) in [5.41, 5.74) is 1.45. The van der Waals surface area contributed by atoms with Gasteiger partial charge in [0, 0.05) is 11.1 Å². The molecule has 1 unspecified atom stereocenters. The number of hydrogen-bond acceptors (Lipinski definition) is 5. The largest absolute Gasteiger partial charge is 0.449 e. The van der Waals surface area contributed by atoms with E-state index in [1.807, 2.05) is 58.0 Å². The van der Waals surface area contributed by atoms with Gasteiger partial charge in [0.05, 0.1) is 12.6 Å². The molecule has 0 aromatic heterocycles. The number of carbonyl (C=O) groups is 2. The summed E-state index contributed by atoms with van der Waals surface area (Å²) in [6, 6.07) is 7.75. The first-order valence-electron chi connectivity index (χ1n) is 12.9. The summed E-state index contributed by atoms with van der Waals surface area (Å²) in [7, 11) is 0. The Morgan fingerprint density at radius 3 is 2.29 bits per heavy atom. The number of aliphatic hydroxyl groups is 1. The number of amides is 2. The van der Waals surface area contributed by atoms with E-state index in [4.69, 9.17) is 4.74 Å². The van der Waals surface area contributed by atoms with Crippen molar-refractivity contribution >= 4 is 12.0 Å². The summed E-state index contributed by atoms with van der Waals surface area (Å²) in [6.07, 6.45) is 4.41. The predicted octanol–water partition coefficient (Wildman–Crippen LogP) is 4.48.